The molecule has 1 aliphatic rings. The lowest BCUT2D eigenvalue weighted by molar-refractivity contribution is -0.138. The van der Waals surface area contributed by atoms with Crippen LogP contribution < -0.4 is 16.0 Å². The van der Waals surface area contributed by atoms with Gasteiger partial charge >= 0.3 is 12.0 Å². The Morgan fingerprint density at radius 2 is 2.33 bits per heavy atom. The molecule has 1 aromatic heterocycles. The van der Waals surface area contributed by atoms with Gasteiger partial charge in [0.25, 0.3) is 0 Å². The fourth-order valence-corrected chi connectivity index (χ4v) is 1.93. The van der Waals surface area contributed by atoms with Crippen molar-refractivity contribution in [3.63, 3.8) is 0 Å². The second-order valence-corrected chi connectivity index (χ2v) is 4.61. The van der Waals surface area contributed by atoms with E-state index in [4.69, 9.17) is 5.11 Å². The van der Waals surface area contributed by atoms with E-state index in [1.165, 1.54) is 6.20 Å². The molecule has 10 heteroatoms. The Kier molecular flexibility index (Phi) is 4.69. The normalized spacial score (nSPS) is 17.9. The van der Waals surface area contributed by atoms with Crippen molar-refractivity contribution in [3.8, 4) is 0 Å². The van der Waals surface area contributed by atoms with Crippen LogP contribution in [0.3, 0.4) is 0 Å². The van der Waals surface area contributed by atoms with Gasteiger partial charge in [-0.05, 0) is 12.8 Å². The van der Waals surface area contributed by atoms with Crippen LogP contribution in [0.4, 0.5) is 4.79 Å². The van der Waals surface area contributed by atoms with E-state index >= 15 is 0 Å². The first-order valence-electron chi connectivity index (χ1n) is 6.47. The van der Waals surface area contributed by atoms with Gasteiger partial charge in [0.1, 0.15) is 18.3 Å². The predicted molar refractivity (Wildman–Crippen MR) is 69.1 cm³/mol. The molecular formula is C11H16N6O4. The van der Waals surface area contributed by atoms with Gasteiger partial charge in [-0.25, -0.2) is 9.48 Å². The summed E-state index contributed by atoms with van der Waals surface area (Å²) in [6.45, 7) is 0.437. The van der Waals surface area contributed by atoms with E-state index in [1.807, 2.05) is 0 Å². The number of carbonyl (C=O) groups excluding carboxylic acids is 2. The third-order valence-electron chi connectivity index (χ3n) is 2.90. The first-order valence-corrected chi connectivity index (χ1v) is 6.47. The highest BCUT2D eigenvalue weighted by atomic mass is 16.4. The van der Waals surface area contributed by atoms with Gasteiger partial charge < -0.3 is 21.1 Å². The zero-order valence-electron chi connectivity index (χ0n) is 11.2. The van der Waals surface area contributed by atoms with Crippen LogP contribution in [0.1, 0.15) is 18.5 Å². The summed E-state index contributed by atoms with van der Waals surface area (Å²) in [5.41, 5.74) is 0.430. The van der Waals surface area contributed by atoms with E-state index in [-0.39, 0.29) is 19.0 Å². The number of aromatic nitrogens is 3. The number of carbonyl (C=O) groups is 3. The highest BCUT2D eigenvalue weighted by molar-refractivity contribution is 5.87. The summed E-state index contributed by atoms with van der Waals surface area (Å²) in [7, 11) is 0. The van der Waals surface area contributed by atoms with Crippen molar-refractivity contribution < 1.29 is 19.5 Å². The van der Waals surface area contributed by atoms with Gasteiger partial charge in [0, 0.05) is 6.54 Å². The van der Waals surface area contributed by atoms with Gasteiger partial charge in [-0.15, -0.1) is 5.10 Å². The summed E-state index contributed by atoms with van der Waals surface area (Å²) in [6.07, 6.45) is 2.86. The number of piperidine rings is 1. The minimum Gasteiger partial charge on any atom is -0.480 e. The molecule has 114 valence electrons. The van der Waals surface area contributed by atoms with Gasteiger partial charge in [-0.1, -0.05) is 5.21 Å². The van der Waals surface area contributed by atoms with E-state index < -0.39 is 18.0 Å². The van der Waals surface area contributed by atoms with Gasteiger partial charge in [-0.2, -0.15) is 0 Å². The SMILES string of the molecule is O=C(O)Cn1cc(CNC(=O)NC2CCCNC2=O)nn1. The van der Waals surface area contributed by atoms with Gasteiger partial charge in [0.05, 0.1) is 12.7 Å². The minimum atomic E-state index is -1.03. The summed E-state index contributed by atoms with van der Waals surface area (Å²) < 4.78 is 1.16. The molecule has 0 saturated carbocycles. The molecule has 0 aromatic carbocycles. The average Bonchev–Trinajstić information content (AvgIpc) is 2.86. The fourth-order valence-electron chi connectivity index (χ4n) is 1.93. The van der Waals surface area contributed by atoms with Crippen molar-refractivity contribution in [2.24, 2.45) is 0 Å². The lowest BCUT2D eigenvalue weighted by Gasteiger charge is -2.22. The molecule has 3 amide bonds. The Bertz CT molecular complexity index is 543. The Labute approximate surface area is 119 Å². The van der Waals surface area contributed by atoms with E-state index in [1.54, 1.807) is 0 Å². The van der Waals surface area contributed by atoms with Gasteiger partial charge in [-0.3, -0.25) is 9.59 Å². The molecule has 0 radical (unpaired) electrons. The van der Waals surface area contributed by atoms with E-state index in [0.717, 1.165) is 11.1 Å². The lowest BCUT2D eigenvalue weighted by Crippen LogP contribution is -2.52. The summed E-state index contributed by atoms with van der Waals surface area (Å²) in [5, 5.41) is 23.7. The molecule has 2 heterocycles. The number of aliphatic carboxylic acids is 1. The number of hydrogen-bond acceptors (Lipinski definition) is 5. The maximum atomic E-state index is 11.7. The van der Waals surface area contributed by atoms with Crippen LogP contribution in [0.5, 0.6) is 0 Å². The van der Waals surface area contributed by atoms with Crippen molar-refractivity contribution in [3.05, 3.63) is 11.9 Å². The first-order chi connectivity index (χ1) is 10.0. The third kappa shape index (κ3) is 4.44. The number of nitrogens with one attached hydrogen (secondary N) is 3. The smallest absolute Gasteiger partial charge is 0.325 e. The Balaban J connectivity index is 1.77. The van der Waals surface area contributed by atoms with Crippen LogP contribution >= 0.6 is 0 Å². The van der Waals surface area contributed by atoms with Crippen molar-refractivity contribution in [1.29, 1.82) is 0 Å². The molecule has 0 aliphatic carbocycles. The van der Waals surface area contributed by atoms with Crippen molar-refractivity contribution >= 4 is 17.9 Å². The highest BCUT2D eigenvalue weighted by Crippen LogP contribution is 2.02. The number of amides is 3. The van der Waals surface area contributed by atoms with Crippen LogP contribution in [0.2, 0.25) is 0 Å². The number of carboxylic acids is 1. The molecule has 1 aromatic rings. The molecule has 2 rings (SSSR count). The predicted octanol–water partition coefficient (Wildman–Crippen LogP) is -1.56. The number of nitrogens with zero attached hydrogens (tertiary/aromatic N) is 3. The standard InChI is InChI=1S/C11H16N6O4/c18-9(19)6-17-5-7(15-16-17)4-13-11(21)14-8-2-1-3-12-10(8)20/h5,8H,1-4,6H2,(H,12,20)(H,18,19)(H2,13,14,21). The maximum Gasteiger partial charge on any atom is 0.325 e. The molecule has 0 spiro atoms. The molecule has 1 unspecified atom stereocenters. The van der Waals surface area contributed by atoms with Crippen molar-refractivity contribution in [1.82, 2.24) is 30.9 Å². The first kappa shape index (κ1) is 14.8. The van der Waals surface area contributed by atoms with Gasteiger partial charge in [0.15, 0.2) is 0 Å². The maximum absolute atomic E-state index is 11.7. The van der Waals surface area contributed by atoms with Crippen LogP contribution in [-0.2, 0) is 22.7 Å². The van der Waals surface area contributed by atoms with Crippen molar-refractivity contribution in [2.75, 3.05) is 6.54 Å². The summed E-state index contributed by atoms with van der Waals surface area (Å²) in [5.74, 6) is -1.22. The number of hydrogen-bond donors (Lipinski definition) is 4. The molecule has 1 aliphatic heterocycles. The van der Waals surface area contributed by atoms with Crippen LogP contribution in [0.15, 0.2) is 6.20 Å². The summed E-state index contributed by atoms with van der Waals surface area (Å²) >= 11 is 0. The zero-order chi connectivity index (χ0) is 15.2. The lowest BCUT2D eigenvalue weighted by atomic mass is 10.1. The van der Waals surface area contributed by atoms with Crippen LogP contribution in [0.25, 0.3) is 0 Å². The second-order valence-electron chi connectivity index (χ2n) is 4.61. The zero-order valence-corrected chi connectivity index (χ0v) is 11.2. The van der Waals surface area contributed by atoms with Crippen LogP contribution in [-0.4, -0.2) is 50.6 Å². The number of carboxylic acid groups (broad SMARTS) is 1. The summed E-state index contributed by atoms with van der Waals surface area (Å²) in [6, 6.07) is -1.01. The molecule has 1 saturated heterocycles. The quantitative estimate of drug-likeness (QED) is 0.518. The molecule has 21 heavy (non-hydrogen) atoms. The highest BCUT2D eigenvalue weighted by Gasteiger charge is 2.23. The molecule has 1 fully saturated rings. The average molecular weight is 296 g/mol. The number of urea groups is 1. The second kappa shape index (κ2) is 6.68. The topological polar surface area (TPSA) is 138 Å². The Morgan fingerprint density at radius 3 is 3.05 bits per heavy atom. The molecule has 4 N–H and O–H groups in total. The fraction of sp³-hybridized carbons (Fsp3) is 0.545. The van der Waals surface area contributed by atoms with E-state index in [0.29, 0.717) is 18.7 Å². The third-order valence-corrected chi connectivity index (χ3v) is 2.90. The Hall–Kier alpha value is -2.65. The molecule has 10 nitrogen and oxygen atoms in total. The Morgan fingerprint density at radius 1 is 1.52 bits per heavy atom. The molecule has 1 atom stereocenters. The summed E-state index contributed by atoms with van der Waals surface area (Å²) in [4.78, 5) is 33.6. The van der Waals surface area contributed by atoms with E-state index in [9.17, 15) is 14.4 Å². The number of rotatable bonds is 5. The van der Waals surface area contributed by atoms with Crippen LogP contribution in [0, 0.1) is 0 Å². The minimum absolute atomic E-state index is 0.0970. The van der Waals surface area contributed by atoms with Crippen molar-refractivity contribution in [2.45, 2.75) is 32.0 Å². The monoisotopic (exact) mass is 296 g/mol. The van der Waals surface area contributed by atoms with Gasteiger partial charge in [0.2, 0.25) is 5.91 Å². The molecule has 0 bridgehead atoms. The molecular weight excluding hydrogens is 280 g/mol. The van der Waals surface area contributed by atoms with E-state index in [2.05, 4.69) is 26.3 Å². The largest absolute Gasteiger partial charge is 0.480 e.